The molecule has 7 nitrogen and oxygen atoms in total. The second-order valence-corrected chi connectivity index (χ2v) is 4.65. The summed E-state index contributed by atoms with van der Waals surface area (Å²) in [4.78, 5) is 23.6. The molecule has 2 rings (SSSR count). The average Bonchev–Trinajstić information content (AvgIpc) is 2.81. The number of benzene rings is 1. The Morgan fingerprint density at radius 1 is 1.43 bits per heavy atom. The van der Waals surface area contributed by atoms with Gasteiger partial charge in [0, 0.05) is 18.7 Å². The Bertz CT molecular complexity index is 648. The van der Waals surface area contributed by atoms with E-state index in [1.807, 2.05) is 25.1 Å². The molecule has 1 heterocycles. The van der Waals surface area contributed by atoms with E-state index in [-0.39, 0.29) is 18.5 Å². The number of ether oxygens (including phenoxy) is 1. The summed E-state index contributed by atoms with van der Waals surface area (Å²) in [7, 11) is 1.56. The first kappa shape index (κ1) is 15.0. The Morgan fingerprint density at radius 3 is 2.81 bits per heavy atom. The van der Waals surface area contributed by atoms with Gasteiger partial charge in [0.05, 0.1) is 6.61 Å². The summed E-state index contributed by atoms with van der Waals surface area (Å²) in [6.45, 7) is 2.06. The summed E-state index contributed by atoms with van der Waals surface area (Å²) in [6.07, 6.45) is 0. The Balaban J connectivity index is 2.16. The molecule has 1 amide bonds. The van der Waals surface area contributed by atoms with Gasteiger partial charge >= 0.3 is 5.76 Å². The highest BCUT2D eigenvalue weighted by Gasteiger charge is 2.16. The van der Waals surface area contributed by atoms with Crippen molar-refractivity contribution in [3.8, 4) is 11.4 Å². The largest absolute Gasteiger partial charge is 0.442 e. The lowest BCUT2D eigenvalue weighted by Gasteiger charge is -2.12. The van der Waals surface area contributed by atoms with Crippen molar-refractivity contribution < 1.29 is 14.1 Å². The van der Waals surface area contributed by atoms with Crippen LogP contribution in [0.5, 0.6) is 0 Å². The van der Waals surface area contributed by atoms with Crippen molar-refractivity contribution >= 4 is 5.91 Å². The van der Waals surface area contributed by atoms with Crippen LogP contribution in [0.3, 0.4) is 0 Å². The third kappa shape index (κ3) is 3.79. The molecule has 0 saturated heterocycles. The van der Waals surface area contributed by atoms with E-state index >= 15 is 0 Å². The molecule has 1 unspecified atom stereocenters. The number of carbonyl (C=O) groups excluding carboxylic acids is 1. The van der Waals surface area contributed by atoms with Crippen LogP contribution < -0.4 is 11.1 Å². The van der Waals surface area contributed by atoms with Crippen LogP contribution in [0.2, 0.25) is 0 Å². The molecule has 0 aliphatic rings. The van der Waals surface area contributed by atoms with Crippen LogP contribution in [0.4, 0.5) is 0 Å². The highest BCUT2D eigenvalue weighted by molar-refractivity contribution is 5.76. The minimum Gasteiger partial charge on any atom is -0.383 e. The molecule has 21 heavy (non-hydrogen) atoms. The van der Waals surface area contributed by atoms with Gasteiger partial charge < -0.3 is 10.1 Å². The van der Waals surface area contributed by atoms with Gasteiger partial charge in [-0.2, -0.15) is 0 Å². The van der Waals surface area contributed by atoms with Crippen LogP contribution in [-0.4, -0.2) is 35.4 Å². The Labute approximate surface area is 121 Å². The highest BCUT2D eigenvalue weighted by Crippen LogP contribution is 2.14. The lowest BCUT2D eigenvalue weighted by atomic mass is 10.2. The van der Waals surface area contributed by atoms with Crippen molar-refractivity contribution in [2.24, 2.45) is 0 Å². The van der Waals surface area contributed by atoms with Gasteiger partial charge in [-0.25, -0.2) is 9.36 Å². The number of hydrogen-bond acceptors (Lipinski definition) is 5. The second kappa shape index (κ2) is 6.85. The molecule has 2 aromatic rings. The molecular formula is C14H17N3O4. The molecular weight excluding hydrogens is 274 g/mol. The normalized spacial score (nSPS) is 12.1. The lowest BCUT2D eigenvalue weighted by Crippen LogP contribution is -2.39. The number of amides is 1. The quantitative estimate of drug-likeness (QED) is 0.844. The summed E-state index contributed by atoms with van der Waals surface area (Å²) < 4.78 is 10.8. The minimum absolute atomic E-state index is 0.141. The zero-order valence-corrected chi connectivity index (χ0v) is 11.9. The minimum atomic E-state index is -0.664. The van der Waals surface area contributed by atoms with Crippen molar-refractivity contribution in [3.05, 3.63) is 40.9 Å². The van der Waals surface area contributed by atoms with Gasteiger partial charge in [0.15, 0.2) is 5.82 Å². The van der Waals surface area contributed by atoms with E-state index in [9.17, 15) is 9.59 Å². The van der Waals surface area contributed by atoms with E-state index in [0.717, 1.165) is 0 Å². The SMILES string of the molecule is COCC(C)NC(=O)Cn1c(-c2ccccc2)noc1=O. The van der Waals surface area contributed by atoms with Crippen molar-refractivity contribution in [1.29, 1.82) is 0 Å². The number of carbonyl (C=O) groups is 1. The monoisotopic (exact) mass is 291 g/mol. The summed E-state index contributed by atoms with van der Waals surface area (Å²) in [5, 5.41) is 6.46. The first-order valence-electron chi connectivity index (χ1n) is 6.52. The molecule has 112 valence electrons. The number of nitrogens with zero attached hydrogens (tertiary/aromatic N) is 2. The van der Waals surface area contributed by atoms with Crippen molar-refractivity contribution in [2.75, 3.05) is 13.7 Å². The van der Waals surface area contributed by atoms with Gasteiger partial charge in [-0.05, 0) is 6.92 Å². The fourth-order valence-electron chi connectivity index (χ4n) is 1.96. The molecule has 0 radical (unpaired) electrons. The Hall–Kier alpha value is -2.41. The molecule has 1 aromatic carbocycles. The van der Waals surface area contributed by atoms with Crippen LogP contribution in [0.15, 0.2) is 39.6 Å². The molecule has 7 heteroatoms. The zero-order valence-electron chi connectivity index (χ0n) is 11.9. The molecule has 0 bridgehead atoms. The molecule has 0 saturated carbocycles. The molecule has 0 aliphatic heterocycles. The van der Waals surface area contributed by atoms with E-state index < -0.39 is 5.76 Å². The molecule has 0 spiro atoms. The average molecular weight is 291 g/mol. The van der Waals surface area contributed by atoms with Crippen LogP contribution in [0.25, 0.3) is 11.4 Å². The predicted molar refractivity (Wildman–Crippen MR) is 75.7 cm³/mol. The van der Waals surface area contributed by atoms with E-state index in [0.29, 0.717) is 18.0 Å². The van der Waals surface area contributed by atoms with Crippen molar-refractivity contribution in [1.82, 2.24) is 15.0 Å². The smallest absolute Gasteiger partial charge is 0.383 e. The molecule has 0 aliphatic carbocycles. The maximum atomic E-state index is 11.9. The van der Waals surface area contributed by atoms with E-state index in [1.54, 1.807) is 19.2 Å². The second-order valence-electron chi connectivity index (χ2n) is 4.65. The number of aromatic nitrogens is 2. The molecule has 1 atom stereocenters. The van der Waals surface area contributed by atoms with E-state index in [1.165, 1.54) is 4.57 Å². The van der Waals surface area contributed by atoms with Crippen LogP contribution >= 0.6 is 0 Å². The number of nitrogens with one attached hydrogen (secondary N) is 1. The van der Waals surface area contributed by atoms with E-state index in [2.05, 4.69) is 15.0 Å². The Kier molecular flexibility index (Phi) is 4.89. The number of hydrogen-bond donors (Lipinski definition) is 1. The standard InChI is InChI=1S/C14H17N3O4/c1-10(9-20-2)15-12(18)8-17-13(16-21-14(17)19)11-6-4-3-5-7-11/h3-7,10H,8-9H2,1-2H3,(H,15,18). The van der Waals surface area contributed by atoms with Gasteiger partial charge in [0.25, 0.3) is 0 Å². The Morgan fingerprint density at radius 2 is 2.14 bits per heavy atom. The molecule has 0 fully saturated rings. The van der Waals surface area contributed by atoms with Crippen LogP contribution in [0, 0.1) is 0 Å². The first-order valence-corrected chi connectivity index (χ1v) is 6.52. The number of methoxy groups -OCH3 is 1. The van der Waals surface area contributed by atoms with Gasteiger partial charge in [0.2, 0.25) is 5.91 Å². The van der Waals surface area contributed by atoms with Crippen LogP contribution in [-0.2, 0) is 16.1 Å². The van der Waals surface area contributed by atoms with Gasteiger partial charge in [-0.3, -0.25) is 9.32 Å². The van der Waals surface area contributed by atoms with Crippen molar-refractivity contribution in [2.45, 2.75) is 19.5 Å². The summed E-state index contributed by atoms with van der Waals surface area (Å²) in [6, 6.07) is 8.93. The maximum Gasteiger partial charge on any atom is 0.442 e. The zero-order chi connectivity index (χ0) is 15.2. The summed E-state index contributed by atoms with van der Waals surface area (Å²) >= 11 is 0. The fourth-order valence-corrected chi connectivity index (χ4v) is 1.96. The van der Waals surface area contributed by atoms with Gasteiger partial charge in [0.1, 0.15) is 6.54 Å². The first-order chi connectivity index (χ1) is 10.1. The highest BCUT2D eigenvalue weighted by atomic mass is 16.5. The third-order valence-corrected chi connectivity index (χ3v) is 2.84. The fraction of sp³-hybridized carbons (Fsp3) is 0.357. The number of rotatable bonds is 6. The molecule has 1 N–H and O–H groups in total. The molecule has 1 aromatic heterocycles. The maximum absolute atomic E-state index is 11.9. The van der Waals surface area contributed by atoms with E-state index in [4.69, 9.17) is 4.74 Å². The van der Waals surface area contributed by atoms with Gasteiger partial charge in [-0.1, -0.05) is 35.5 Å². The topological polar surface area (TPSA) is 86.4 Å². The summed E-state index contributed by atoms with van der Waals surface area (Å²) in [5.74, 6) is -0.638. The van der Waals surface area contributed by atoms with Crippen molar-refractivity contribution in [3.63, 3.8) is 0 Å². The predicted octanol–water partition coefficient (Wildman–Crippen LogP) is 0.654. The third-order valence-electron chi connectivity index (χ3n) is 2.84. The lowest BCUT2D eigenvalue weighted by molar-refractivity contribution is -0.122. The van der Waals surface area contributed by atoms with Gasteiger partial charge in [-0.15, -0.1) is 0 Å². The summed E-state index contributed by atoms with van der Waals surface area (Å²) in [5.41, 5.74) is 0.709. The van der Waals surface area contributed by atoms with Crippen LogP contribution in [0.1, 0.15) is 6.92 Å².